The van der Waals surface area contributed by atoms with E-state index in [9.17, 15) is 4.79 Å². The lowest BCUT2D eigenvalue weighted by atomic mass is 10.1. The van der Waals surface area contributed by atoms with E-state index in [1.165, 1.54) is 11.3 Å². The monoisotopic (exact) mass is 408 g/mol. The molecule has 0 saturated carbocycles. The van der Waals surface area contributed by atoms with Crippen LogP contribution in [0.4, 0.5) is 5.13 Å². The predicted molar refractivity (Wildman–Crippen MR) is 101 cm³/mol. The van der Waals surface area contributed by atoms with Crippen LogP contribution in [0.2, 0.25) is 0 Å². The third-order valence-corrected chi connectivity index (χ3v) is 5.43. The Morgan fingerprint density at radius 3 is 2.79 bits per heavy atom. The van der Waals surface area contributed by atoms with Crippen LogP contribution >= 0.6 is 27.3 Å². The first-order valence-corrected chi connectivity index (χ1v) is 9.86. The van der Waals surface area contributed by atoms with Gasteiger partial charge in [-0.3, -0.25) is 9.69 Å². The zero-order chi connectivity index (χ0) is 17.1. The number of aromatic nitrogens is 1. The van der Waals surface area contributed by atoms with Gasteiger partial charge in [0.15, 0.2) is 5.13 Å². The molecule has 2 heterocycles. The zero-order valence-corrected chi connectivity index (χ0v) is 16.3. The largest absolute Gasteiger partial charge is 0.376 e. The van der Waals surface area contributed by atoms with Crippen LogP contribution in [0.1, 0.15) is 26.7 Å². The standard InChI is InChI=1S/C18H21BrN2O2S/c1-12(2)17(22)21(10-15-4-3-9-23-15)18-20-16(11-24-18)13-5-7-14(19)8-6-13/h5-8,11-12,15H,3-4,9-10H2,1-2H3. The van der Waals surface area contributed by atoms with E-state index in [2.05, 4.69) is 15.9 Å². The average molecular weight is 409 g/mol. The highest BCUT2D eigenvalue weighted by Crippen LogP contribution is 2.30. The van der Waals surface area contributed by atoms with Crippen LogP contribution in [0, 0.1) is 5.92 Å². The van der Waals surface area contributed by atoms with Crippen molar-refractivity contribution in [2.45, 2.75) is 32.8 Å². The van der Waals surface area contributed by atoms with Gasteiger partial charge in [0.1, 0.15) is 0 Å². The van der Waals surface area contributed by atoms with Crippen molar-refractivity contribution in [3.05, 3.63) is 34.1 Å². The van der Waals surface area contributed by atoms with Gasteiger partial charge in [-0.1, -0.05) is 41.9 Å². The molecule has 0 N–H and O–H groups in total. The van der Waals surface area contributed by atoms with Crippen LogP contribution in [0.5, 0.6) is 0 Å². The topological polar surface area (TPSA) is 42.4 Å². The summed E-state index contributed by atoms with van der Waals surface area (Å²) in [4.78, 5) is 19.2. The number of ether oxygens (including phenoxy) is 1. The molecule has 0 bridgehead atoms. The molecule has 3 rings (SSSR count). The number of amides is 1. The maximum absolute atomic E-state index is 12.7. The molecule has 1 aromatic heterocycles. The Morgan fingerprint density at radius 2 is 2.17 bits per heavy atom. The van der Waals surface area contributed by atoms with Gasteiger partial charge in [-0.2, -0.15) is 0 Å². The molecule has 0 spiro atoms. The molecule has 1 atom stereocenters. The number of rotatable bonds is 5. The van der Waals surface area contributed by atoms with Crippen molar-refractivity contribution in [1.82, 2.24) is 4.98 Å². The molecule has 128 valence electrons. The minimum absolute atomic E-state index is 0.0635. The molecule has 6 heteroatoms. The van der Waals surface area contributed by atoms with Crippen LogP contribution in [0.15, 0.2) is 34.1 Å². The van der Waals surface area contributed by atoms with Gasteiger partial charge in [-0.15, -0.1) is 11.3 Å². The zero-order valence-electron chi connectivity index (χ0n) is 13.9. The molecule has 1 saturated heterocycles. The van der Waals surface area contributed by atoms with Crippen molar-refractivity contribution in [3.8, 4) is 11.3 Å². The van der Waals surface area contributed by atoms with Gasteiger partial charge in [-0.25, -0.2) is 4.98 Å². The number of carbonyl (C=O) groups excluding carboxylic acids is 1. The van der Waals surface area contributed by atoms with Gasteiger partial charge < -0.3 is 4.74 Å². The van der Waals surface area contributed by atoms with Gasteiger partial charge >= 0.3 is 0 Å². The Morgan fingerprint density at radius 1 is 1.42 bits per heavy atom. The van der Waals surface area contributed by atoms with E-state index >= 15 is 0 Å². The highest BCUT2D eigenvalue weighted by atomic mass is 79.9. The summed E-state index contributed by atoms with van der Waals surface area (Å²) in [5, 5.41) is 2.76. The Hall–Kier alpha value is -1.24. The molecule has 2 aromatic rings. The molecule has 1 aliphatic heterocycles. The highest BCUT2D eigenvalue weighted by molar-refractivity contribution is 9.10. The Labute approximate surface area is 155 Å². The van der Waals surface area contributed by atoms with Crippen LogP contribution in [-0.2, 0) is 9.53 Å². The minimum Gasteiger partial charge on any atom is -0.376 e. The summed E-state index contributed by atoms with van der Waals surface area (Å²) in [5.41, 5.74) is 1.95. The van der Waals surface area contributed by atoms with Crippen molar-refractivity contribution in [2.75, 3.05) is 18.1 Å². The summed E-state index contributed by atoms with van der Waals surface area (Å²) in [5.74, 6) is 0.0358. The van der Waals surface area contributed by atoms with Gasteiger partial charge in [0.2, 0.25) is 5.91 Å². The molecule has 24 heavy (non-hydrogen) atoms. The summed E-state index contributed by atoms with van der Waals surface area (Å²) in [6, 6.07) is 8.05. The van der Waals surface area contributed by atoms with Gasteiger partial charge in [0.05, 0.1) is 18.3 Å². The molecular formula is C18H21BrN2O2S. The fourth-order valence-electron chi connectivity index (χ4n) is 2.71. The van der Waals surface area contributed by atoms with E-state index in [0.29, 0.717) is 6.54 Å². The normalized spacial score (nSPS) is 17.4. The van der Waals surface area contributed by atoms with Crippen LogP contribution < -0.4 is 4.90 Å². The van der Waals surface area contributed by atoms with Gasteiger partial charge in [0.25, 0.3) is 0 Å². The molecule has 1 aliphatic rings. The first-order valence-electron chi connectivity index (χ1n) is 8.19. The van der Waals surface area contributed by atoms with E-state index in [4.69, 9.17) is 9.72 Å². The Bertz CT molecular complexity index is 693. The summed E-state index contributed by atoms with van der Waals surface area (Å²) in [7, 11) is 0. The molecule has 4 nitrogen and oxygen atoms in total. The van der Waals surface area contributed by atoms with E-state index in [1.807, 2.05) is 43.5 Å². The van der Waals surface area contributed by atoms with Crippen molar-refractivity contribution in [3.63, 3.8) is 0 Å². The average Bonchev–Trinajstić information content (AvgIpc) is 3.24. The SMILES string of the molecule is CC(C)C(=O)N(CC1CCCO1)c1nc(-c2ccc(Br)cc2)cs1. The Kier molecular flexibility index (Phi) is 5.69. The number of anilines is 1. The van der Waals surface area contributed by atoms with Crippen molar-refractivity contribution >= 4 is 38.3 Å². The van der Waals surface area contributed by atoms with Crippen LogP contribution in [-0.4, -0.2) is 30.1 Å². The number of hydrogen-bond acceptors (Lipinski definition) is 4. The quantitative estimate of drug-likeness (QED) is 0.717. The predicted octanol–water partition coefficient (Wildman–Crippen LogP) is 4.74. The third-order valence-electron chi connectivity index (χ3n) is 4.03. The second-order valence-corrected chi connectivity index (χ2v) is 8.01. The lowest BCUT2D eigenvalue weighted by Gasteiger charge is -2.24. The second kappa shape index (κ2) is 7.76. The van der Waals surface area contributed by atoms with E-state index in [-0.39, 0.29) is 17.9 Å². The summed E-state index contributed by atoms with van der Waals surface area (Å²) in [6.07, 6.45) is 2.19. The number of hydrogen-bond donors (Lipinski definition) is 0. The fraction of sp³-hybridized carbons (Fsp3) is 0.444. The van der Waals surface area contributed by atoms with Crippen molar-refractivity contribution in [1.29, 1.82) is 0 Å². The summed E-state index contributed by atoms with van der Waals surface area (Å²) in [6.45, 7) is 5.23. The molecule has 1 amide bonds. The summed E-state index contributed by atoms with van der Waals surface area (Å²) < 4.78 is 6.76. The molecule has 1 aromatic carbocycles. The number of carbonyl (C=O) groups is 1. The number of nitrogens with zero attached hydrogens (tertiary/aromatic N) is 2. The van der Waals surface area contributed by atoms with Crippen molar-refractivity contribution in [2.24, 2.45) is 5.92 Å². The lowest BCUT2D eigenvalue weighted by molar-refractivity contribution is -0.121. The highest BCUT2D eigenvalue weighted by Gasteiger charge is 2.27. The van der Waals surface area contributed by atoms with Gasteiger partial charge in [-0.05, 0) is 25.0 Å². The maximum Gasteiger partial charge on any atom is 0.231 e. The van der Waals surface area contributed by atoms with Crippen LogP contribution in [0.25, 0.3) is 11.3 Å². The first-order chi connectivity index (χ1) is 11.5. The fourth-order valence-corrected chi connectivity index (χ4v) is 3.82. The molecule has 0 radical (unpaired) electrons. The summed E-state index contributed by atoms with van der Waals surface area (Å²) >= 11 is 4.96. The van der Waals surface area contributed by atoms with Gasteiger partial charge in [0, 0.05) is 27.9 Å². The number of thiazole rings is 1. The Balaban J connectivity index is 1.84. The molecule has 0 aliphatic carbocycles. The number of halogens is 1. The smallest absolute Gasteiger partial charge is 0.231 e. The van der Waals surface area contributed by atoms with Crippen LogP contribution in [0.3, 0.4) is 0 Å². The molecule has 1 fully saturated rings. The van der Waals surface area contributed by atoms with E-state index < -0.39 is 0 Å². The first kappa shape index (κ1) is 17.6. The van der Waals surface area contributed by atoms with Crippen molar-refractivity contribution < 1.29 is 9.53 Å². The lowest BCUT2D eigenvalue weighted by Crippen LogP contribution is -2.39. The number of benzene rings is 1. The maximum atomic E-state index is 12.7. The second-order valence-electron chi connectivity index (χ2n) is 6.26. The minimum atomic E-state index is -0.0635. The molecular weight excluding hydrogens is 388 g/mol. The van der Waals surface area contributed by atoms with E-state index in [1.54, 1.807) is 4.90 Å². The molecule has 1 unspecified atom stereocenters. The third kappa shape index (κ3) is 4.05. The van der Waals surface area contributed by atoms with E-state index in [0.717, 1.165) is 40.3 Å².